The van der Waals surface area contributed by atoms with E-state index in [4.69, 9.17) is 24.7 Å². The van der Waals surface area contributed by atoms with Crippen LogP contribution in [0.5, 0.6) is 5.75 Å². The van der Waals surface area contributed by atoms with Gasteiger partial charge in [-0.15, -0.1) is 0 Å². The van der Waals surface area contributed by atoms with Crippen LogP contribution in [0.3, 0.4) is 0 Å². The van der Waals surface area contributed by atoms with Crippen molar-refractivity contribution in [3.05, 3.63) is 52.6 Å². The number of nitrogens with zero attached hydrogens (tertiary/aromatic N) is 2. The average molecular weight is 413 g/mol. The van der Waals surface area contributed by atoms with E-state index in [1.165, 1.54) is 0 Å². The maximum atomic E-state index is 12.6. The summed E-state index contributed by atoms with van der Waals surface area (Å²) in [7, 11) is 0. The van der Waals surface area contributed by atoms with Crippen LogP contribution in [0.25, 0.3) is 0 Å². The number of benzene rings is 1. The summed E-state index contributed by atoms with van der Waals surface area (Å²) in [5.74, 6) is -0.228. The molecule has 0 radical (unpaired) electrons. The molecule has 2 aliphatic heterocycles. The Hall–Kier alpha value is -3.02. The Bertz CT molecular complexity index is 881. The SMILES string of the molecule is CCOC(=O)C1=C(C)OC(N)=C(C#N)C1c1cccc(OCCN2CCOCC2)c1. The van der Waals surface area contributed by atoms with Crippen LogP contribution in [0, 0.1) is 11.3 Å². The highest BCUT2D eigenvalue weighted by Crippen LogP contribution is 2.40. The summed E-state index contributed by atoms with van der Waals surface area (Å²) in [6.07, 6.45) is 0. The fraction of sp³-hybridized carbons (Fsp3) is 0.455. The topological polar surface area (TPSA) is 107 Å². The van der Waals surface area contributed by atoms with Gasteiger partial charge in [-0.2, -0.15) is 5.26 Å². The Kier molecular flexibility index (Phi) is 7.33. The van der Waals surface area contributed by atoms with E-state index in [0.717, 1.165) is 32.8 Å². The molecule has 0 spiro atoms. The van der Waals surface area contributed by atoms with Crippen LogP contribution in [0.2, 0.25) is 0 Å². The van der Waals surface area contributed by atoms with E-state index in [2.05, 4.69) is 11.0 Å². The predicted molar refractivity (Wildman–Crippen MR) is 109 cm³/mol. The smallest absolute Gasteiger partial charge is 0.338 e. The standard InChI is InChI=1S/C22H27N3O5/c1-3-28-22(26)19-15(2)30-21(24)18(14-23)20(19)16-5-4-6-17(13-16)29-12-9-25-7-10-27-11-8-25/h4-6,13,20H,3,7-12,24H2,1-2H3. The molecule has 8 nitrogen and oxygen atoms in total. The molecule has 0 aromatic heterocycles. The van der Waals surface area contributed by atoms with Crippen LogP contribution >= 0.6 is 0 Å². The normalized spacial score (nSPS) is 19.8. The van der Waals surface area contributed by atoms with Gasteiger partial charge in [-0.1, -0.05) is 12.1 Å². The third-order valence-corrected chi connectivity index (χ3v) is 5.07. The summed E-state index contributed by atoms with van der Waals surface area (Å²) < 4.78 is 21.9. The van der Waals surface area contributed by atoms with Gasteiger partial charge in [0.05, 0.1) is 31.3 Å². The van der Waals surface area contributed by atoms with Crippen molar-refractivity contribution >= 4 is 5.97 Å². The second-order valence-corrected chi connectivity index (χ2v) is 6.99. The first-order valence-electron chi connectivity index (χ1n) is 10.0. The summed E-state index contributed by atoms with van der Waals surface area (Å²) in [6, 6.07) is 9.43. The first-order valence-corrected chi connectivity index (χ1v) is 10.0. The van der Waals surface area contributed by atoms with E-state index in [1.807, 2.05) is 24.3 Å². The Morgan fingerprint density at radius 1 is 1.37 bits per heavy atom. The van der Waals surface area contributed by atoms with Crippen molar-refractivity contribution in [3.63, 3.8) is 0 Å². The van der Waals surface area contributed by atoms with Crippen molar-refractivity contribution in [3.8, 4) is 11.8 Å². The summed E-state index contributed by atoms with van der Waals surface area (Å²) in [6.45, 7) is 8.19. The molecular formula is C22H27N3O5. The lowest BCUT2D eigenvalue weighted by Gasteiger charge is -2.27. The fourth-order valence-corrected chi connectivity index (χ4v) is 3.59. The highest BCUT2D eigenvalue weighted by atomic mass is 16.5. The number of carbonyl (C=O) groups is 1. The third kappa shape index (κ3) is 4.93. The zero-order chi connectivity index (χ0) is 21.5. The number of carbonyl (C=O) groups excluding carboxylic acids is 1. The Labute approximate surface area is 176 Å². The van der Waals surface area contributed by atoms with Gasteiger partial charge >= 0.3 is 5.97 Å². The van der Waals surface area contributed by atoms with Crippen LogP contribution in [-0.4, -0.2) is 56.9 Å². The Morgan fingerprint density at radius 2 is 2.13 bits per heavy atom. The molecule has 1 unspecified atom stereocenters. The first-order chi connectivity index (χ1) is 14.5. The van der Waals surface area contributed by atoms with Crippen molar-refractivity contribution in [1.29, 1.82) is 5.26 Å². The molecule has 1 saturated heterocycles. The monoisotopic (exact) mass is 413 g/mol. The van der Waals surface area contributed by atoms with Crippen LogP contribution in [0.4, 0.5) is 0 Å². The summed E-state index contributed by atoms with van der Waals surface area (Å²) in [4.78, 5) is 14.9. The Morgan fingerprint density at radius 3 is 2.83 bits per heavy atom. The number of allylic oxidation sites excluding steroid dienone is 2. The number of ether oxygens (including phenoxy) is 4. The zero-order valence-corrected chi connectivity index (χ0v) is 17.3. The Balaban J connectivity index is 1.82. The number of esters is 1. The molecule has 3 rings (SSSR count). The van der Waals surface area contributed by atoms with E-state index >= 15 is 0 Å². The highest BCUT2D eigenvalue weighted by molar-refractivity contribution is 5.92. The van der Waals surface area contributed by atoms with Crippen molar-refractivity contribution in [2.24, 2.45) is 5.73 Å². The number of rotatable bonds is 7. The number of hydrogen-bond acceptors (Lipinski definition) is 8. The molecule has 8 heteroatoms. The van der Waals surface area contributed by atoms with Gasteiger partial charge in [-0.3, -0.25) is 4.90 Å². The lowest BCUT2D eigenvalue weighted by molar-refractivity contribution is -0.139. The number of nitrogens with two attached hydrogens (primary N) is 1. The van der Waals surface area contributed by atoms with E-state index in [-0.39, 0.29) is 23.6 Å². The van der Waals surface area contributed by atoms with E-state index in [0.29, 0.717) is 23.7 Å². The molecule has 0 saturated carbocycles. The van der Waals surface area contributed by atoms with Gasteiger partial charge in [0.15, 0.2) is 0 Å². The van der Waals surface area contributed by atoms with Gasteiger partial charge < -0.3 is 24.7 Å². The fourth-order valence-electron chi connectivity index (χ4n) is 3.59. The minimum Gasteiger partial charge on any atom is -0.492 e. The molecule has 0 bridgehead atoms. The minimum absolute atomic E-state index is 0.00770. The van der Waals surface area contributed by atoms with Crippen LogP contribution in [-0.2, 0) is 19.0 Å². The molecule has 1 atom stereocenters. The molecule has 0 amide bonds. The largest absolute Gasteiger partial charge is 0.492 e. The predicted octanol–water partition coefficient (Wildman–Crippen LogP) is 2.04. The molecule has 30 heavy (non-hydrogen) atoms. The van der Waals surface area contributed by atoms with Gasteiger partial charge in [-0.25, -0.2) is 4.79 Å². The second-order valence-electron chi connectivity index (χ2n) is 6.99. The van der Waals surface area contributed by atoms with Gasteiger partial charge in [0.25, 0.3) is 0 Å². The maximum absolute atomic E-state index is 12.6. The minimum atomic E-state index is -0.675. The third-order valence-electron chi connectivity index (χ3n) is 5.07. The maximum Gasteiger partial charge on any atom is 0.338 e. The van der Waals surface area contributed by atoms with Crippen LogP contribution in [0.15, 0.2) is 47.1 Å². The molecule has 1 fully saturated rings. The van der Waals surface area contributed by atoms with Crippen LogP contribution < -0.4 is 10.5 Å². The molecule has 1 aromatic carbocycles. The van der Waals surface area contributed by atoms with E-state index in [1.54, 1.807) is 13.8 Å². The lowest BCUT2D eigenvalue weighted by Crippen LogP contribution is -2.38. The zero-order valence-electron chi connectivity index (χ0n) is 17.3. The number of morpholine rings is 1. The van der Waals surface area contributed by atoms with E-state index < -0.39 is 11.9 Å². The second kappa shape index (κ2) is 10.1. The summed E-state index contributed by atoms with van der Waals surface area (Å²) in [5, 5.41) is 9.67. The quantitative estimate of drug-likeness (QED) is 0.677. The molecule has 2 N–H and O–H groups in total. The van der Waals surface area contributed by atoms with Gasteiger partial charge in [0.1, 0.15) is 29.8 Å². The van der Waals surface area contributed by atoms with Crippen molar-refractivity contribution in [2.75, 3.05) is 46.1 Å². The molecular weight excluding hydrogens is 386 g/mol. The highest BCUT2D eigenvalue weighted by Gasteiger charge is 2.36. The van der Waals surface area contributed by atoms with Crippen molar-refractivity contribution in [1.82, 2.24) is 4.90 Å². The first kappa shape index (κ1) is 21.7. The molecule has 2 aliphatic rings. The van der Waals surface area contributed by atoms with Crippen LogP contribution in [0.1, 0.15) is 25.3 Å². The summed E-state index contributed by atoms with van der Waals surface area (Å²) in [5.41, 5.74) is 7.11. The van der Waals surface area contributed by atoms with Gasteiger partial charge in [0, 0.05) is 19.6 Å². The van der Waals surface area contributed by atoms with Gasteiger partial charge in [-0.05, 0) is 31.5 Å². The van der Waals surface area contributed by atoms with Crippen molar-refractivity contribution in [2.45, 2.75) is 19.8 Å². The molecule has 1 aromatic rings. The van der Waals surface area contributed by atoms with Crippen molar-refractivity contribution < 1.29 is 23.7 Å². The molecule has 2 heterocycles. The van der Waals surface area contributed by atoms with Gasteiger partial charge in [0.2, 0.25) is 5.88 Å². The molecule has 160 valence electrons. The molecule has 0 aliphatic carbocycles. The van der Waals surface area contributed by atoms with E-state index in [9.17, 15) is 10.1 Å². The number of nitriles is 1. The summed E-state index contributed by atoms with van der Waals surface area (Å²) >= 11 is 0. The lowest BCUT2D eigenvalue weighted by atomic mass is 9.83. The number of hydrogen-bond donors (Lipinski definition) is 1. The average Bonchev–Trinajstić information content (AvgIpc) is 2.74.